The largest absolute Gasteiger partial charge is 0.481 e. The van der Waals surface area contributed by atoms with Crippen LogP contribution in [0.1, 0.15) is 12.5 Å². The van der Waals surface area contributed by atoms with Gasteiger partial charge < -0.3 is 10.4 Å². The van der Waals surface area contributed by atoms with E-state index in [0.717, 1.165) is 0 Å². The molecule has 0 aliphatic heterocycles. The number of anilines is 1. The number of rotatable bonds is 4. The van der Waals surface area contributed by atoms with Crippen molar-refractivity contribution < 1.29 is 9.90 Å². The van der Waals surface area contributed by atoms with Crippen LogP contribution >= 0.6 is 15.9 Å². The van der Waals surface area contributed by atoms with Gasteiger partial charge in [-0.2, -0.15) is 5.26 Å². The highest BCUT2D eigenvalue weighted by Crippen LogP contribution is 2.23. The Hall–Kier alpha value is -1.54. The van der Waals surface area contributed by atoms with Crippen LogP contribution in [0.25, 0.3) is 0 Å². The van der Waals surface area contributed by atoms with Gasteiger partial charge in [0.1, 0.15) is 6.07 Å². The molecule has 0 amide bonds. The second-order valence-electron chi connectivity index (χ2n) is 3.39. The molecule has 0 fully saturated rings. The maximum absolute atomic E-state index is 10.6. The number of nitrogens with zero attached hydrogens (tertiary/aromatic N) is 1. The number of carbonyl (C=O) groups is 1. The summed E-state index contributed by atoms with van der Waals surface area (Å²) in [4.78, 5) is 10.6. The van der Waals surface area contributed by atoms with Gasteiger partial charge in [0.25, 0.3) is 0 Å². The summed E-state index contributed by atoms with van der Waals surface area (Å²) in [5.41, 5.74) is 1.13. The van der Waals surface area contributed by atoms with E-state index in [2.05, 4.69) is 27.3 Å². The molecule has 1 aromatic carbocycles. The van der Waals surface area contributed by atoms with Crippen molar-refractivity contribution in [2.75, 3.05) is 11.9 Å². The first-order chi connectivity index (χ1) is 7.56. The maximum atomic E-state index is 10.6. The molecule has 0 aromatic heterocycles. The lowest BCUT2D eigenvalue weighted by Crippen LogP contribution is -2.20. The summed E-state index contributed by atoms with van der Waals surface area (Å²) < 4.78 is 0.697. The van der Waals surface area contributed by atoms with Gasteiger partial charge in [-0.3, -0.25) is 4.79 Å². The summed E-state index contributed by atoms with van der Waals surface area (Å²) in [7, 11) is 0. The quantitative estimate of drug-likeness (QED) is 0.890. The van der Waals surface area contributed by atoms with Crippen molar-refractivity contribution in [3.8, 4) is 6.07 Å². The second-order valence-corrected chi connectivity index (χ2v) is 4.25. The third kappa shape index (κ3) is 2.97. The molecule has 1 aromatic rings. The number of halogens is 1. The molecule has 2 N–H and O–H groups in total. The lowest BCUT2D eigenvalue weighted by Gasteiger charge is -2.11. The molecule has 0 spiro atoms. The topological polar surface area (TPSA) is 73.1 Å². The van der Waals surface area contributed by atoms with Crippen LogP contribution in [0.5, 0.6) is 0 Å². The zero-order chi connectivity index (χ0) is 12.1. The molecule has 4 nitrogen and oxygen atoms in total. The van der Waals surface area contributed by atoms with Crippen LogP contribution in [0.15, 0.2) is 22.7 Å². The molecule has 1 atom stereocenters. The Morgan fingerprint density at radius 1 is 1.69 bits per heavy atom. The summed E-state index contributed by atoms with van der Waals surface area (Å²) in [5.74, 6) is -1.36. The zero-order valence-corrected chi connectivity index (χ0v) is 10.3. The fraction of sp³-hybridized carbons (Fsp3) is 0.273. The van der Waals surface area contributed by atoms with Crippen molar-refractivity contribution in [3.05, 3.63) is 28.2 Å². The van der Waals surface area contributed by atoms with Gasteiger partial charge in [-0.15, -0.1) is 0 Å². The lowest BCUT2D eigenvalue weighted by atomic mass is 10.1. The minimum absolute atomic E-state index is 0.292. The van der Waals surface area contributed by atoms with Crippen molar-refractivity contribution in [1.82, 2.24) is 0 Å². The third-order valence-electron chi connectivity index (χ3n) is 2.15. The fourth-order valence-corrected chi connectivity index (χ4v) is 1.59. The van der Waals surface area contributed by atoms with E-state index in [1.54, 1.807) is 25.1 Å². The van der Waals surface area contributed by atoms with Gasteiger partial charge in [0.2, 0.25) is 0 Å². The van der Waals surface area contributed by atoms with E-state index < -0.39 is 11.9 Å². The number of nitrogens with one attached hydrogen (secondary N) is 1. The number of hydrogen-bond donors (Lipinski definition) is 2. The normalized spacial score (nSPS) is 11.6. The van der Waals surface area contributed by atoms with E-state index in [0.29, 0.717) is 22.3 Å². The van der Waals surface area contributed by atoms with Crippen molar-refractivity contribution in [1.29, 1.82) is 5.26 Å². The van der Waals surface area contributed by atoms with Crippen LogP contribution in [0.4, 0.5) is 5.69 Å². The van der Waals surface area contributed by atoms with E-state index in [1.807, 2.05) is 0 Å². The first-order valence-electron chi connectivity index (χ1n) is 4.71. The molecular weight excluding hydrogens is 272 g/mol. The number of hydrogen-bond acceptors (Lipinski definition) is 3. The summed E-state index contributed by atoms with van der Waals surface area (Å²) in [5, 5.41) is 20.6. The standard InChI is InChI=1S/C11H11BrN2O2/c1-7(11(15)16)6-14-10-4-2-3-9(12)8(10)5-13/h2-4,7,14H,6H2,1H3,(H,15,16). The Labute approximate surface area is 102 Å². The van der Waals surface area contributed by atoms with Gasteiger partial charge in [-0.05, 0) is 28.1 Å². The lowest BCUT2D eigenvalue weighted by molar-refractivity contribution is -0.140. The Kier molecular flexibility index (Phi) is 4.32. The third-order valence-corrected chi connectivity index (χ3v) is 2.81. The van der Waals surface area contributed by atoms with Crippen molar-refractivity contribution in [3.63, 3.8) is 0 Å². The van der Waals surface area contributed by atoms with Gasteiger partial charge >= 0.3 is 5.97 Å². The Bertz CT molecular complexity index is 440. The number of aliphatic carboxylic acids is 1. The molecule has 5 heteroatoms. The highest BCUT2D eigenvalue weighted by molar-refractivity contribution is 9.10. The van der Waals surface area contributed by atoms with E-state index in [9.17, 15) is 4.79 Å². The molecule has 1 unspecified atom stereocenters. The Balaban J connectivity index is 2.79. The van der Waals surface area contributed by atoms with Gasteiger partial charge in [0.05, 0.1) is 17.2 Å². The average molecular weight is 283 g/mol. The Morgan fingerprint density at radius 3 is 2.94 bits per heavy atom. The number of carboxylic acid groups (broad SMARTS) is 1. The van der Waals surface area contributed by atoms with Crippen molar-refractivity contribution in [2.45, 2.75) is 6.92 Å². The van der Waals surface area contributed by atoms with Crippen LogP contribution in [0.2, 0.25) is 0 Å². The average Bonchev–Trinajstić information content (AvgIpc) is 2.25. The highest BCUT2D eigenvalue weighted by Gasteiger charge is 2.12. The number of benzene rings is 1. The van der Waals surface area contributed by atoms with Crippen molar-refractivity contribution in [2.24, 2.45) is 5.92 Å². The summed E-state index contributed by atoms with van der Waals surface area (Å²) in [6.07, 6.45) is 0. The van der Waals surface area contributed by atoms with E-state index in [-0.39, 0.29) is 0 Å². The van der Waals surface area contributed by atoms with Crippen LogP contribution in [-0.4, -0.2) is 17.6 Å². The molecular formula is C11H11BrN2O2. The monoisotopic (exact) mass is 282 g/mol. The number of carboxylic acids is 1. The molecule has 0 radical (unpaired) electrons. The van der Waals surface area contributed by atoms with Crippen LogP contribution in [0, 0.1) is 17.2 Å². The van der Waals surface area contributed by atoms with Gasteiger partial charge in [-0.25, -0.2) is 0 Å². The van der Waals surface area contributed by atoms with Gasteiger partial charge in [0.15, 0.2) is 0 Å². The van der Waals surface area contributed by atoms with Gasteiger partial charge in [0, 0.05) is 11.0 Å². The van der Waals surface area contributed by atoms with Crippen LogP contribution in [-0.2, 0) is 4.79 Å². The molecule has 0 saturated carbocycles. The summed E-state index contributed by atoms with van der Waals surface area (Å²) in [6, 6.07) is 7.37. The Morgan fingerprint density at radius 2 is 2.38 bits per heavy atom. The highest BCUT2D eigenvalue weighted by atomic mass is 79.9. The molecule has 0 saturated heterocycles. The van der Waals surface area contributed by atoms with E-state index in [4.69, 9.17) is 10.4 Å². The summed E-state index contributed by atoms with van der Waals surface area (Å²) in [6.45, 7) is 1.90. The van der Waals surface area contributed by atoms with Crippen LogP contribution < -0.4 is 5.32 Å². The summed E-state index contributed by atoms with van der Waals surface area (Å²) >= 11 is 3.26. The SMILES string of the molecule is CC(CNc1cccc(Br)c1C#N)C(=O)O. The predicted molar refractivity (Wildman–Crippen MR) is 64.1 cm³/mol. The second kappa shape index (κ2) is 5.52. The minimum atomic E-state index is -0.860. The van der Waals surface area contributed by atoms with Crippen LogP contribution in [0.3, 0.4) is 0 Å². The van der Waals surface area contributed by atoms with E-state index >= 15 is 0 Å². The molecule has 0 aliphatic carbocycles. The molecule has 16 heavy (non-hydrogen) atoms. The first-order valence-corrected chi connectivity index (χ1v) is 5.51. The minimum Gasteiger partial charge on any atom is -0.481 e. The smallest absolute Gasteiger partial charge is 0.308 e. The zero-order valence-electron chi connectivity index (χ0n) is 8.70. The molecule has 1 rings (SSSR count). The first kappa shape index (κ1) is 12.5. The molecule has 0 heterocycles. The molecule has 0 aliphatic rings. The molecule has 0 bridgehead atoms. The maximum Gasteiger partial charge on any atom is 0.308 e. The fourth-order valence-electron chi connectivity index (χ4n) is 1.14. The molecule has 84 valence electrons. The number of nitriles is 1. The van der Waals surface area contributed by atoms with E-state index in [1.165, 1.54) is 0 Å². The van der Waals surface area contributed by atoms with Crippen molar-refractivity contribution >= 4 is 27.6 Å². The predicted octanol–water partition coefficient (Wildman–Crippen LogP) is 2.45. The van der Waals surface area contributed by atoms with Gasteiger partial charge in [-0.1, -0.05) is 13.0 Å².